The number of halogens is 1. The molecule has 1 saturated heterocycles. The largest absolute Gasteiger partial charge is 0.392 e. The van der Waals surface area contributed by atoms with E-state index in [4.69, 9.17) is 5.11 Å². The second-order valence-electron chi connectivity index (χ2n) is 3.13. The van der Waals surface area contributed by atoms with E-state index in [1.807, 2.05) is 6.07 Å². The molecular weight excluding hydrogens is 232 g/mol. The summed E-state index contributed by atoms with van der Waals surface area (Å²) in [5.41, 5.74) is 0.900. The summed E-state index contributed by atoms with van der Waals surface area (Å²) in [7, 11) is 0. The van der Waals surface area contributed by atoms with Gasteiger partial charge in [0, 0.05) is 23.8 Å². The molecule has 0 radical (unpaired) electrons. The van der Waals surface area contributed by atoms with E-state index in [-0.39, 0.29) is 6.61 Å². The molecule has 0 spiro atoms. The van der Waals surface area contributed by atoms with E-state index in [2.05, 4.69) is 25.8 Å². The molecule has 1 aromatic heterocycles. The highest BCUT2D eigenvalue weighted by Crippen LogP contribution is 2.23. The van der Waals surface area contributed by atoms with Crippen LogP contribution in [0, 0.1) is 0 Å². The van der Waals surface area contributed by atoms with Crippen molar-refractivity contribution in [1.29, 1.82) is 0 Å². The van der Waals surface area contributed by atoms with Crippen LogP contribution in [0.15, 0.2) is 16.7 Å². The highest BCUT2D eigenvalue weighted by molar-refractivity contribution is 9.10. The van der Waals surface area contributed by atoms with Gasteiger partial charge in [-0.1, -0.05) is 0 Å². The molecule has 1 aliphatic heterocycles. The number of aliphatic hydroxyl groups is 1. The molecule has 70 valence electrons. The average Bonchev–Trinajstić information content (AvgIpc) is 2.05. The van der Waals surface area contributed by atoms with Gasteiger partial charge < -0.3 is 10.0 Å². The molecule has 2 rings (SSSR count). The Morgan fingerprint density at radius 3 is 2.85 bits per heavy atom. The first-order chi connectivity index (χ1) is 6.31. The third-order valence-electron chi connectivity index (χ3n) is 2.27. The van der Waals surface area contributed by atoms with E-state index < -0.39 is 0 Å². The molecule has 0 saturated carbocycles. The standard InChI is InChI=1S/C9H11BrN2O/c10-8-5-11-9(4-7(8)6-13)12-2-1-3-12/h4-5,13H,1-3,6H2. The first-order valence-electron chi connectivity index (χ1n) is 4.31. The molecule has 0 atom stereocenters. The summed E-state index contributed by atoms with van der Waals surface area (Å²) in [5, 5.41) is 9.04. The Hall–Kier alpha value is -0.610. The molecule has 4 heteroatoms. The Kier molecular flexibility index (Phi) is 2.51. The summed E-state index contributed by atoms with van der Waals surface area (Å²) in [4.78, 5) is 6.48. The van der Waals surface area contributed by atoms with Crippen molar-refractivity contribution in [3.63, 3.8) is 0 Å². The number of aliphatic hydroxyl groups excluding tert-OH is 1. The first-order valence-corrected chi connectivity index (χ1v) is 5.11. The molecule has 13 heavy (non-hydrogen) atoms. The van der Waals surface area contributed by atoms with Crippen LogP contribution in [0.4, 0.5) is 5.82 Å². The highest BCUT2D eigenvalue weighted by Gasteiger charge is 2.16. The van der Waals surface area contributed by atoms with Crippen LogP contribution in [0.2, 0.25) is 0 Å². The maximum atomic E-state index is 9.04. The zero-order valence-corrected chi connectivity index (χ0v) is 8.79. The summed E-state index contributed by atoms with van der Waals surface area (Å²) in [6.07, 6.45) is 2.99. The lowest BCUT2D eigenvalue weighted by atomic mass is 10.2. The van der Waals surface area contributed by atoms with Gasteiger partial charge in [0.2, 0.25) is 0 Å². The van der Waals surface area contributed by atoms with E-state index >= 15 is 0 Å². The van der Waals surface area contributed by atoms with Crippen molar-refractivity contribution in [2.45, 2.75) is 13.0 Å². The zero-order chi connectivity index (χ0) is 9.26. The summed E-state index contributed by atoms with van der Waals surface area (Å²) >= 11 is 3.34. The fraction of sp³-hybridized carbons (Fsp3) is 0.444. The van der Waals surface area contributed by atoms with Crippen LogP contribution in [-0.2, 0) is 6.61 Å². The number of hydrogen-bond acceptors (Lipinski definition) is 3. The van der Waals surface area contributed by atoms with Crippen LogP contribution in [-0.4, -0.2) is 23.2 Å². The Morgan fingerprint density at radius 2 is 2.31 bits per heavy atom. The number of hydrogen-bond donors (Lipinski definition) is 1. The molecule has 0 aromatic carbocycles. The molecule has 1 fully saturated rings. The van der Waals surface area contributed by atoms with Crippen LogP contribution >= 0.6 is 15.9 Å². The third kappa shape index (κ3) is 1.69. The lowest BCUT2D eigenvalue weighted by Crippen LogP contribution is -2.37. The molecule has 0 amide bonds. The summed E-state index contributed by atoms with van der Waals surface area (Å²) in [6, 6.07) is 1.93. The average molecular weight is 243 g/mol. The van der Waals surface area contributed by atoms with Crippen LogP contribution in [0.3, 0.4) is 0 Å². The minimum absolute atomic E-state index is 0.0595. The number of rotatable bonds is 2. The van der Waals surface area contributed by atoms with Gasteiger partial charge in [0.15, 0.2) is 0 Å². The van der Waals surface area contributed by atoms with Gasteiger partial charge in [0.1, 0.15) is 5.82 Å². The van der Waals surface area contributed by atoms with Gasteiger partial charge in [-0.2, -0.15) is 0 Å². The first kappa shape index (κ1) is 8.97. The van der Waals surface area contributed by atoms with Crippen LogP contribution in [0.25, 0.3) is 0 Å². The predicted molar refractivity (Wildman–Crippen MR) is 54.7 cm³/mol. The van der Waals surface area contributed by atoms with E-state index in [0.717, 1.165) is 28.9 Å². The molecule has 0 bridgehead atoms. The van der Waals surface area contributed by atoms with Crippen molar-refractivity contribution in [3.8, 4) is 0 Å². The van der Waals surface area contributed by atoms with Gasteiger partial charge in [-0.3, -0.25) is 0 Å². The Balaban J connectivity index is 2.26. The van der Waals surface area contributed by atoms with E-state index in [0.29, 0.717) is 0 Å². The molecule has 1 N–H and O–H groups in total. The Bertz CT molecular complexity index is 312. The van der Waals surface area contributed by atoms with Gasteiger partial charge in [-0.25, -0.2) is 4.98 Å². The van der Waals surface area contributed by atoms with Crippen molar-refractivity contribution in [1.82, 2.24) is 4.98 Å². The quantitative estimate of drug-likeness (QED) is 0.856. The SMILES string of the molecule is OCc1cc(N2CCC2)ncc1Br. The summed E-state index contributed by atoms with van der Waals surface area (Å²) in [5.74, 6) is 0.971. The smallest absolute Gasteiger partial charge is 0.128 e. The van der Waals surface area contributed by atoms with E-state index in [1.54, 1.807) is 6.20 Å². The molecular formula is C9H11BrN2O. The van der Waals surface area contributed by atoms with Gasteiger partial charge in [0.25, 0.3) is 0 Å². The Labute approximate surface area is 85.5 Å². The van der Waals surface area contributed by atoms with E-state index in [9.17, 15) is 0 Å². The Morgan fingerprint density at radius 1 is 1.54 bits per heavy atom. The molecule has 0 aliphatic carbocycles. The predicted octanol–water partition coefficient (Wildman–Crippen LogP) is 1.55. The lowest BCUT2D eigenvalue weighted by molar-refractivity contribution is 0.281. The third-order valence-corrected chi connectivity index (χ3v) is 2.98. The molecule has 2 heterocycles. The summed E-state index contributed by atoms with van der Waals surface area (Å²) < 4.78 is 0.874. The second-order valence-corrected chi connectivity index (χ2v) is 3.99. The van der Waals surface area contributed by atoms with E-state index in [1.165, 1.54) is 6.42 Å². The number of anilines is 1. The van der Waals surface area contributed by atoms with Gasteiger partial charge >= 0.3 is 0 Å². The van der Waals surface area contributed by atoms with Crippen LogP contribution in [0.5, 0.6) is 0 Å². The molecule has 1 aromatic rings. The normalized spacial score (nSPS) is 15.7. The molecule has 1 aliphatic rings. The van der Waals surface area contributed by atoms with Crippen molar-refractivity contribution in [2.75, 3.05) is 18.0 Å². The molecule has 3 nitrogen and oxygen atoms in total. The second kappa shape index (κ2) is 3.64. The number of aromatic nitrogens is 1. The van der Waals surface area contributed by atoms with Crippen LogP contribution < -0.4 is 4.90 Å². The maximum absolute atomic E-state index is 9.04. The highest BCUT2D eigenvalue weighted by atomic mass is 79.9. The summed E-state index contributed by atoms with van der Waals surface area (Å²) in [6.45, 7) is 2.23. The lowest BCUT2D eigenvalue weighted by Gasteiger charge is -2.32. The van der Waals surface area contributed by atoms with Crippen molar-refractivity contribution >= 4 is 21.7 Å². The van der Waals surface area contributed by atoms with Crippen molar-refractivity contribution in [3.05, 3.63) is 22.3 Å². The van der Waals surface area contributed by atoms with Crippen molar-refractivity contribution in [2.24, 2.45) is 0 Å². The topological polar surface area (TPSA) is 36.4 Å². The minimum atomic E-state index is 0.0595. The number of pyridine rings is 1. The van der Waals surface area contributed by atoms with Gasteiger partial charge in [-0.15, -0.1) is 0 Å². The monoisotopic (exact) mass is 242 g/mol. The maximum Gasteiger partial charge on any atom is 0.128 e. The number of nitrogens with zero attached hydrogens (tertiary/aromatic N) is 2. The van der Waals surface area contributed by atoms with Gasteiger partial charge in [-0.05, 0) is 34.0 Å². The zero-order valence-electron chi connectivity index (χ0n) is 7.20. The fourth-order valence-electron chi connectivity index (χ4n) is 1.31. The van der Waals surface area contributed by atoms with Crippen molar-refractivity contribution < 1.29 is 5.11 Å². The fourth-order valence-corrected chi connectivity index (χ4v) is 1.65. The molecule has 0 unspecified atom stereocenters. The van der Waals surface area contributed by atoms with Gasteiger partial charge in [0.05, 0.1) is 6.61 Å². The van der Waals surface area contributed by atoms with Crippen LogP contribution in [0.1, 0.15) is 12.0 Å². The minimum Gasteiger partial charge on any atom is -0.392 e.